The maximum absolute atomic E-state index is 12.2. The Morgan fingerprint density at radius 3 is 2.34 bits per heavy atom. The van der Waals surface area contributed by atoms with Crippen molar-refractivity contribution in [2.45, 2.75) is 40.2 Å². The Bertz CT molecular complexity index is 1040. The van der Waals surface area contributed by atoms with Crippen LogP contribution in [0.15, 0.2) is 53.6 Å². The predicted molar refractivity (Wildman–Crippen MR) is 129 cm³/mol. The van der Waals surface area contributed by atoms with E-state index in [2.05, 4.69) is 33.2 Å². The van der Waals surface area contributed by atoms with Crippen LogP contribution in [0, 0.1) is 0 Å². The van der Waals surface area contributed by atoms with Crippen molar-refractivity contribution >= 4 is 29.1 Å². The second-order valence-electron chi connectivity index (χ2n) is 6.84. The van der Waals surface area contributed by atoms with Crippen LogP contribution in [0.2, 0.25) is 0 Å². The molecule has 0 saturated heterocycles. The van der Waals surface area contributed by atoms with Gasteiger partial charge in [-0.1, -0.05) is 19.4 Å². The lowest BCUT2D eigenvalue weighted by Gasteiger charge is -2.11. The number of nitrogens with zero attached hydrogens (tertiary/aromatic N) is 2. The summed E-state index contributed by atoms with van der Waals surface area (Å²) in [6, 6.07) is 11.7. The number of aliphatic carboxylic acids is 1. The number of nitrogens with one attached hydrogen (secondary N) is 2. The van der Waals surface area contributed by atoms with Gasteiger partial charge < -0.3 is 20.3 Å². The van der Waals surface area contributed by atoms with E-state index < -0.39 is 5.97 Å². The molecule has 0 spiro atoms. The van der Waals surface area contributed by atoms with E-state index in [0.29, 0.717) is 6.41 Å². The number of carboxylic acid groups (broad SMARTS) is 1. The molecule has 0 fully saturated rings. The van der Waals surface area contributed by atoms with Gasteiger partial charge in [-0.2, -0.15) is 0 Å². The van der Waals surface area contributed by atoms with Gasteiger partial charge in [0, 0.05) is 56.5 Å². The third-order valence-corrected chi connectivity index (χ3v) is 4.37. The molecule has 3 rings (SSSR count). The highest BCUT2D eigenvalue weighted by atomic mass is 16.4. The highest BCUT2D eigenvalue weighted by molar-refractivity contribution is 5.84. The van der Waals surface area contributed by atoms with E-state index in [0.717, 1.165) is 60.7 Å². The Morgan fingerprint density at radius 2 is 1.84 bits per heavy atom. The predicted octanol–water partition coefficient (Wildman–Crippen LogP) is 3.75. The van der Waals surface area contributed by atoms with Crippen LogP contribution in [0.5, 0.6) is 0 Å². The van der Waals surface area contributed by atoms with Crippen LogP contribution in [-0.4, -0.2) is 40.6 Å². The largest absolute Gasteiger partial charge is 0.481 e. The van der Waals surface area contributed by atoms with Crippen molar-refractivity contribution in [1.29, 1.82) is 0 Å². The molecular formula is C24H32N4O4. The number of pyridine rings is 2. The molecular weight excluding hydrogens is 408 g/mol. The maximum atomic E-state index is 12.2. The minimum absolute atomic E-state index is 0.0643. The average molecular weight is 441 g/mol. The summed E-state index contributed by atoms with van der Waals surface area (Å²) >= 11 is 0. The summed E-state index contributed by atoms with van der Waals surface area (Å²) in [5, 5.41) is 13.6. The Balaban J connectivity index is 0.000000485. The van der Waals surface area contributed by atoms with Crippen LogP contribution < -0.4 is 16.1 Å². The number of amides is 1. The molecule has 2 heterocycles. The molecule has 32 heavy (non-hydrogen) atoms. The number of fused-ring (bicyclic) bond motifs is 1. The first-order valence-electron chi connectivity index (χ1n) is 10.5. The van der Waals surface area contributed by atoms with E-state index in [1.807, 2.05) is 50.6 Å². The maximum Gasteiger partial charge on any atom is 0.300 e. The van der Waals surface area contributed by atoms with Crippen LogP contribution in [0.25, 0.3) is 22.0 Å². The summed E-state index contributed by atoms with van der Waals surface area (Å²) in [5.74, 6) is -0.00328. The number of carboxylic acids is 1. The van der Waals surface area contributed by atoms with E-state index >= 15 is 0 Å². The molecule has 0 aliphatic heterocycles. The fourth-order valence-corrected chi connectivity index (χ4v) is 2.81. The minimum atomic E-state index is -0.833. The van der Waals surface area contributed by atoms with Crippen LogP contribution in [0.3, 0.4) is 0 Å². The van der Waals surface area contributed by atoms with Gasteiger partial charge in [0.25, 0.3) is 5.97 Å². The highest BCUT2D eigenvalue weighted by Crippen LogP contribution is 2.23. The van der Waals surface area contributed by atoms with E-state index in [4.69, 9.17) is 9.90 Å². The zero-order valence-corrected chi connectivity index (χ0v) is 19.1. The molecule has 0 saturated carbocycles. The number of aryl methyl sites for hydroxylation is 1. The number of carbonyl (C=O) groups excluding carboxylic acids is 1. The van der Waals surface area contributed by atoms with Gasteiger partial charge >= 0.3 is 0 Å². The van der Waals surface area contributed by atoms with Gasteiger partial charge in [-0.15, -0.1) is 0 Å². The van der Waals surface area contributed by atoms with Crippen LogP contribution in [0.1, 0.15) is 33.6 Å². The molecule has 3 N–H and O–H groups in total. The molecule has 1 aromatic carbocycles. The van der Waals surface area contributed by atoms with Crippen molar-refractivity contribution in [2.75, 3.05) is 18.9 Å². The summed E-state index contributed by atoms with van der Waals surface area (Å²) in [6.45, 7) is 6.79. The van der Waals surface area contributed by atoms with Gasteiger partial charge in [-0.25, -0.2) is 4.98 Å². The third-order valence-electron chi connectivity index (χ3n) is 4.37. The molecule has 172 valence electrons. The number of hydrogen-bond acceptors (Lipinski definition) is 5. The van der Waals surface area contributed by atoms with Gasteiger partial charge in [-0.3, -0.25) is 14.4 Å². The van der Waals surface area contributed by atoms with Gasteiger partial charge in [0.2, 0.25) is 6.41 Å². The summed E-state index contributed by atoms with van der Waals surface area (Å²) in [5.41, 5.74) is 3.08. The van der Waals surface area contributed by atoms with Crippen molar-refractivity contribution < 1.29 is 14.7 Å². The van der Waals surface area contributed by atoms with Gasteiger partial charge in [-0.05, 0) is 43.2 Å². The smallest absolute Gasteiger partial charge is 0.300 e. The Morgan fingerprint density at radius 1 is 1.16 bits per heavy atom. The first kappa shape index (κ1) is 26.4. The normalized spacial score (nSPS) is 9.62. The quantitative estimate of drug-likeness (QED) is 0.482. The molecule has 0 aliphatic carbocycles. The molecule has 2 aromatic heterocycles. The number of aromatic nitrogens is 2. The third kappa shape index (κ3) is 8.59. The number of hydrogen-bond donors (Lipinski definition) is 3. The van der Waals surface area contributed by atoms with E-state index in [9.17, 15) is 9.59 Å². The fraction of sp³-hybridized carbons (Fsp3) is 0.333. The number of unbranched alkanes of at least 4 members (excludes halogenated alkanes) is 1. The lowest BCUT2D eigenvalue weighted by molar-refractivity contribution is -0.134. The fourth-order valence-electron chi connectivity index (χ4n) is 2.81. The van der Waals surface area contributed by atoms with Gasteiger partial charge in [0.15, 0.2) is 5.43 Å². The molecule has 8 nitrogen and oxygen atoms in total. The van der Waals surface area contributed by atoms with E-state index in [-0.39, 0.29) is 5.43 Å². The van der Waals surface area contributed by atoms with E-state index in [1.54, 1.807) is 6.07 Å². The second-order valence-corrected chi connectivity index (χ2v) is 6.84. The molecule has 1 amide bonds. The zero-order chi connectivity index (χ0) is 23.9. The molecule has 0 aliphatic rings. The first-order valence-corrected chi connectivity index (χ1v) is 10.5. The van der Waals surface area contributed by atoms with Crippen molar-refractivity contribution in [2.24, 2.45) is 0 Å². The number of rotatable bonds is 7. The average Bonchev–Trinajstić information content (AvgIpc) is 2.79. The van der Waals surface area contributed by atoms with Gasteiger partial charge in [0.05, 0.1) is 5.52 Å². The summed E-state index contributed by atoms with van der Waals surface area (Å²) in [6.07, 6.45) is 6.64. The topological polar surface area (TPSA) is 113 Å². The molecule has 0 atom stereocenters. The highest BCUT2D eigenvalue weighted by Gasteiger charge is 2.06. The second kappa shape index (κ2) is 14.3. The summed E-state index contributed by atoms with van der Waals surface area (Å²) < 4.78 is 2.16. The monoisotopic (exact) mass is 440 g/mol. The number of anilines is 1. The van der Waals surface area contributed by atoms with Crippen LogP contribution in [0.4, 0.5) is 5.82 Å². The Hall–Kier alpha value is -3.68. The zero-order valence-electron chi connectivity index (χ0n) is 19.1. The van der Waals surface area contributed by atoms with Crippen LogP contribution in [-0.2, 0) is 16.1 Å². The summed E-state index contributed by atoms with van der Waals surface area (Å²) in [4.78, 5) is 34.9. The van der Waals surface area contributed by atoms with Crippen molar-refractivity contribution in [1.82, 2.24) is 14.9 Å². The Labute approximate surface area is 188 Å². The molecule has 8 heteroatoms. The molecule has 0 bridgehead atoms. The first-order chi connectivity index (χ1) is 15.4. The lowest BCUT2D eigenvalue weighted by atomic mass is 10.0. The lowest BCUT2D eigenvalue weighted by Crippen LogP contribution is -2.08. The number of carbonyl (C=O) groups is 2. The SMILES string of the molecule is CC(=O)O.CCCCn1ccc(=O)c2cc(-c3ccc(NC)nc3)ccc21.CCNC=O. The van der Waals surface area contributed by atoms with Crippen molar-refractivity contribution in [3.63, 3.8) is 0 Å². The molecule has 0 radical (unpaired) electrons. The van der Waals surface area contributed by atoms with Crippen molar-refractivity contribution in [3.8, 4) is 11.1 Å². The molecule has 3 aromatic rings. The number of benzene rings is 1. The Kier molecular flexibility index (Phi) is 11.8. The minimum Gasteiger partial charge on any atom is -0.481 e. The van der Waals surface area contributed by atoms with Gasteiger partial charge in [0.1, 0.15) is 5.82 Å². The van der Waals surface area contributed by atoms with Crippen molar-refractivity contribution in [3.05, 3.63) is 59.0 Å². The summed E-state index contributed by atoms with van der Waals surface area (Å²) in [7, 11) is 1.84. The molecule has 0 unspecified atom stereocenters. The standard InChI is InChI=1S/C19H21N3O.C3H7NO.C2H4O2/c1-3-4-10-22-11-9-18(23)16-12-14(5-7-17(16)22)15-6-8-19(20-2)21-13-15;1-2-4-3-5;1-2(3)4/h5-9,11-13H,3-4,10H2,1-2H3,(H,20,21);3H,2H2,1H3,(H,4,5);1H3,(H,3,4). The van der Waals surface area contributed by atoms with E-state index in [1.165, 1.54) is 0 Å². The van der Waals surface area contributed by atoms with Crippen LogP contribution >= 0.6 is 0 Å².